The summed E-state index contributed by atoms with van der Waals surface area (Å²) in [7, 11) is 3.27. The molecule has 0 unspecified atom stereocenters. The summed E-state index contributed by atoms with van der Waals surface area (Å²) in [6, 6.07) is 5.14. The molecule has 0 saturated carbocycles. The maximum Gasteiger partial charge on any atom is 0.257 e. The van der Waals surface area contributed by atoms with Gasteiger partial charge in [0.1, 0.15) is 5.75 Å². The maximum absolute atomic E-state index is 11.9. The second-order valence-electron chi connectivity index (χ2n) is 3.69. The van der Waals surface area contributed by atoms with Crippen molar-refractivity contribution in [3.63, 3.8) is 0 Å². The molecule has 0 bridgehead atoms. The summed E-state index contributed by atoms with van der Waals surface area (Å²) >= 11 is 0. The number of amides is 1. The van der Waals surface area contributed by atoms with Crippen LogP contribution in [0.15, 0.2) is 18.2 Å². The molecule has 4 nitrogen and oxygen atoms in total. The number of phenolic OH excluding ortho intramolecular Hbond substituents is 1. The Morgan fingerprint density at radius 1 is 1.50 bits per heavy atom. The Kier molecular flexibility index (Phi) is 4.31. The van der Waals surface area contributed by atoms with Crippen LogP contribution in [0, 0.1) is 6.92 Å². The first-order chi connectivity index (χ1) is 7.57. The highest BCUT2D eigenvalue weighted by atomic mass is 16.5. The van der Waals surface area contributed by atoms with Crippen molar-refractivity contribution in [3.8, 4) is 5.75 Å². The Morgan fingerprint density at radius 3 is 2.81 bits per heavy atom. The monoisotopic (exact) mass is 223 g/mol. The molecule has 0 fully saturated rings. The van der Waals surface area contributed by atoms with Crippen molar-refractivity contribution in [1.82, 2.24) is 4.90 Å². The van der Waals surface area contributed by atoms with E-state index in [1.807, 2.05) is 0 Å². The maximum atomic E-state index is 11.9. The van der Waals surface area contributed by atoms with Gasteiger partial charge >= 0.3 is 0 Å². The van der Waals surface area contributed by atoms with Gasteiger partial charge in [-0.25, -0.2) is 0 Å². The summed E-state index contributed by atoms with van der Waals surface area (Å²) in [5, 5.41) is 9.76. The van der Waals surface area contributed by atoms with E-state index in [1.165, 1.54) is 4.90 Å². The highest BCUT2D eigenvalue weighted by Crippen LogP contribution is 2.22. The molecule has 1 aromatic carbocycles. The summed E-state index contributed by atoms with van der Waals surface area (Å²) in [6.07, 6.45) is 0. The molecule has 0 aromatic heterocycles. The minimum absolute atomic E-state index is 0.0526. The van der Waals surface area contributed by atoms with Gasteiger partial charge in [0.2, 0.25) is 0 Å². The third kappa shape index (κ3) is 2.73. The number of rotatable bonds is 4. The molecular weight excluding hydrogens is 206 g/mol. The van der Waals surface area contributed by atoms with Crippen LogP contribution < -0.4 is 0 Å². The van der Waals surface area contributed by atoms with E-state index >= 15 is 0 Å². The van der Waals surface area contributed by atoms with E-state index < -0.39 is 0 Å². The molecule has 0 saturated heterocycles. The van der Waals surface area contributed by atoms with Gasteiger partial charge in [-0.3, -0.25) is 4.79 Å². The molecule has 0 atom stereocenters. The molecule has 16 heavy (non-hydrogen) atoms. The van der Waals surface area contributed by atoms with Gasteiger partial charge in [0, 0.05) is 20.7 Å². The lowest BCUT2D eigenvalue weighted by Crippen LogP contribution is -2.30. The van der Waals surface area contributed by atoms with Crippen LogP contribution in [0.25, 0.3) is 0 Å². The van der Waals surface area contributed by atoms with Crippen molar-refractivity contribution in [2.45, 2.75) is 6.92 Å². The number of carbonyl (C=O) groups is 1. The Labute approximate surface area is 95.5 Å². The van der Waals surface area contributed by atoms with Gasteiger partial charge in [-0.15, -0.1) is 0 Å². The van der Waals surface area contributed by atoms with Gasteiger partial charge < -0.3 is 14.7 Å². The number of carbonyl (C=O) groups excluding carboxylic acids is 1. The molecule has 88 valence electrons. The molecule has 0 aliphatic rings. The smallest absolute Gasteiger partial charge is 0.257 e. The molecule has 4 heteroatoms. The van der Waals surface area contributed by atoms with Gasteiger partial charge in [0.15, 0.2) is 0 Å². The molecular formula is C12H17NO3. The molecule has 1 N–H and O–H groups in total. The van der Waals surface area contributed by atoms with E-state index in [9.17, 15) is 9.90 Å². The van der Waals surface area contributed by atoms with Crippen LogP contribution in [0.1, 0.15) is 15.9 Å². The van der Waals surface area contributed by atoms with E-state index in [1.54, 1.807) is 39.3 Å². The van der Waals surface area contributed by atoms with Crippen LogP contribution in [-0.4, -0.2) is 43.2 Å². The van der Waals surface area contributed by atoms with Crippen LogP contribution in [-0.2, 0) is 4.74 Å². The quantitative estimate of drug-likeness (QED) is 0.839. The topological polar surface area (TPSA) is 49.8 Å². The molecule has 1 rings (SSSR count). The summed E-state index contributed by atoms with van der Waals surface area (Å²) in [5.74, 6) is -0.144. The molecule has 0 heterocycles. The Bertz CT molecular complexity index is 377. The second kappa shape index (κ2) is 5.51. The summed E-state index contributed by atoms with van der Waals surface area (Å²) in [4.78, 5) is 13.5. The standard InChI is InChI=1S/C12H17NO3/c1-9-5-4-6-10(11(9)14)12(15)13(2)7-8-16-3/h4-6,14H,7-8H2,1-3H3. The van der Waals surface area contributed by atoms with Gasteiger partial charge in [-0.1, -0.05) is 12.1 Å². The van der Waals surface area contributed by atoms with Crippen LogP contribution in [0.3, 0.4) is 0 Å². The third-order valence-electron chi connectivity index (χ3n) is 2.45. The van der Waals surface area contributed by atoms with Gasteiger partial charge in [-0.2, -0.15) is 0 Å². The number of nitrogens with zero attached hydrogens (tertiary/aromatic N) is 1. The van der Waals surface area contributed by atoms with Crippen LogP contribution in [0.2, 0.25) is 0 Å². The predicted molar refractivity (Wildman–Crippen MR) is 61.7 cm³/mol. The van der Waals surface area contributed by atoms with Crippen LogP contribution in [0.5, 0.6) is 5.75 Å². The SMILES string of the molecule is COCCN(C)C(=O)c1cccc(C)c1O. The highest BCUT2D eigenvalue weighted by Gasteiger charge is 2.16. The zero-order valence-corrected chi connectivity index (χ0v) is 9.86. The Morgan fingerprint density at radius 2 is 2.19 bits per heavy atom. The summed E-state index contributed by atoms with van der Waals surface area (Å²) < 4.78 is 4.90. The molecule has 1 amide bonds. The number of aryl methyl sites for hydroxylation is 1. The lowest BCUT2D eigenvalue weighted by Gasteiger charge is -2.17. The first kappa shape index (κ1) is 12.5. The number of methoxy groups -OCH3 is 1. The number of benzene rings is 1. The summed E-state index contributed by atoms with van der Waals surface area (Å²) in [5.41, 5.74) is 1.03. The minimum Gasteiger partial charge on any atom is -0.507 e. The highest BCUT2D eigenvalue weighted by molar-refractivity contribution is 5.97. The summed E-state index contributed by atoms with van der Waals surface area (Å²) in [6.45, 7) is 2.75. The average Bonchev–Trinajstić information content (AvgIpc) is 2.28. The van der Waals surface area contributed by atoms with E-state index in [-0.39, 0.29) is 11.7 Å². The van der Waals surface area contributed by atoms with E-state index in [2.05, 4.69) is 0 Å². The van der Waals surface area contributed by atoms with Crippen molar-refractivity contribution in [3.05, 3.63) is 29.3 Å². The number of ether oxygens (including phenoxy) is 1. The van der Waals surface area contributed by atoms with E-state index in [0.29, 0.717) is 24.3 Å². The Hall–Kier alpha value is -1.55. The van der Waals surface area contributed by atoms with E-state index in [0.717, 1.165) is 0 Å². The molecule has 0 radical (unpaired) electrons. The van der Waals surface area contributed by atoms with Crippen molar-refractivity contribution in [1.29, 1.82) is 0 Å². The van der Waals surface area contributed by atoms with Gasteiger partial charge in [0.25, 0.3) is 5.91 Å². The van der Waals surface area contributed by atoms with Crippen LogP contribution in [0.4, 0.5) is 0 Å². The first-order valence-corrected chi connectivity index (χ1v) is 5.11. The molecule has 1 aromatic rings. The van der Waals surface area contributed by atoms with Crippen molar-refractivity contribution in [2.75, 3.05) is 27.3 Å². The number of phenols is 1. The molecule has 0 aliphatic heterocycles. The van der Waals surface area contributed by atoms with Crippen molar-refractivity contribution in [2.24, 2.45) is 0 Å². The second-order valence-corrected chi connectivity index (χ2v) is 3.69. The fraction of sp³-hybridized carbons (Fsp3) is 0.417. The lowest BCUT2D eigenvalue weighted by atomic mass is 10.1. The van der Waals surface area contributed by atoms with Gasteiger partial charge in [0.05, 0.1) is 12.2 Å². The molecule has 0 spiro atoms. The van der Waals surface area contributed by atoms with Crippen LogP contribution >= 0.6 is 0 Å². The van der Waals surface area contributed by atoms with E-state index in [4.69, 9.17) is 4.74 Å². The largest absolute Gasteiger partial charge is 0.507 e. The van der Waals surface area contributed by atoms with Crippen molar-refractivity contribution >= 4 is 5.91 Å². The lowest BCUT2D eigenvalue weighted by molar-refractivity contribution is 0.0741. The number of hydrogen-bond acceptors (Lipinski definition) is 3. The van der Waals surface area contributed by atoms with Gasteiger partial charge in [-0.05, 0) is 18.6 Å². The molecule has 0 aliphatic carbocycles. The fourth-order valence-corrected chi connectivity index (χ4v) is 1.37. The number of hydrogen-bond donors (Lipinski definition) is 1. The predicted octanol–water partition coefficient (Wildman–Crippen LogP) is 1.42. The number of likely N-dealkylation sites (N-methyl/N-ethyl adjacent to an activating group) is 1. The van der Waals surface area contributed by atoms with Crippen molar-refractivity contribution < 1.29 is 14.6 Å². The minimum atomic E-state index is -0.196. The normalized spacial score (nSPS) is 10.2. The Balaban J connectivity index is 2.84. The zero-order chi connectivity index (χ0) is 12.1. The average molecular weight is 223 g/mol. The fourth-order valence-electron chi connectivity index (χ4n) is 1.37. The first-order valence-electron chi connectivity index (χ1n) is 5.11. The third-order valence-corrected chi connectivity index (χ3v) is 2.45. The number of para-hydroxylation sites is 1. The number of aromatic hydroxyl groups is 1. The zero-order valence-electron chi connectivity index (χ0n) is 9.86.